The van der Waals surface area contributed by atoms with Crippen molar-refractivity contribution in [2.45, 2.75) is 19.3 Å². The summed E-state index contributed by atoms with van der Waals surface area (Å²) in [6.45, 7) is 2.25. The molecule has 0 aliphatic carbocycles. The van der Waals surface area contributed by atoms with E-state index in [1.807, 2.05) is 42.5 Å². The first-order valence-corrected chi connectivity index (χ1v) is 9.98. The first kappa shape index (κ1) is 18.9. The summed E-state index contributed by atoms with van der Waals surface area (Å²) < 4.78 is 0. The molecule has 0 unspecified atom stereocenters. The normalized spacial score (nSPS) is 13.8. The van der Waals surface area contributed by atoms with Crippen molar-refractivity contribution in [3.63, 3.8) is 0 Å². The zero-order valence-electron chi connectivity index (χ0n) is 16.6. The van der Waals surface area contributed by atoms with Crippen LogP contribution in [0, 0.1) is 0 Å². The lowest BCUT2D eigenvalue weighted by Gasteiger charge is -2.28. The van der Waals surface area contributed by atoms with Crippen LogP contribution in [0.5, 0.6) is 0 Å². The maximum Gasteiger partial charge on any atom is 0.276 e. The van der Waals surface area contributed by atoms with E-state index in [0.717, 1.165) is 24.5 Å². The van der Waals surface area contributed by atoms with Crippen molar-refractivity contribution in [3.05, 3.63) is 72.7 Å². The Morgan fingerprint density at radius 1 is 0.966 bits per heavy atom. The van der Waals surface area contributed by atoms with E-state index in [2.05, 4.69) is 32.3 Å². The number of hydrogen-bond donors (Lipinski definition) is 1. The van der Waals surface area contributed by atoms with Crippen molar-refractivity contribution in [3.8, 4) is 0 Å². The zero-order valence-corrected chi connectivity index (χ0v) is 16.6. The number of rotatable bonds is 5. The van der Waals surface area contributed by atoms with Crippen LogP contribution in [0.15, 0.2) is 67.0 Å². The average Bonchev–Trinajstić information content (AvgIpc) is 2.80. The van der Waals surface area contributed by atoms with Gasteiger partial charge in [-0.05, 0) is 55.7 Å². The minimum absolute atomic E-state index is 0.179. The third kappa shape index (κ3) is 4.54. The Balaban J connectivity index is 1.45. The smallest absolute Gasteiger partial charge is 0.276 e. The topological polar surface area (TPSA) is 61.4 Å². The standard InChI is InChI=1S/C23H25N5O/c1-27(19-8-4-2-5-9-19)23(29)21-16-22(25-17-24-21)26-18-10-12-20(13-11-18)28-14-6-3-7-15-28/h2,4-5,8-13,16-17H,3,6-7,14-15H2,1H3,(H,24,25,26). The van der Waals surface area contributed by atoms with Gasteiger partial charge in [-0.2, -0.15) is 0 Å². The zero-order chi connectivity index (χ0) is 20.1. The lowest BCUT2D eigenvalue weighted by atomic mass is 10.1. The van der Waals surface area contributed by atoms with E-state index in [4.69, 9.17) is 0 Å². The Bertz CT molecular complexity index is 953. The number of carbonyl (C=O) groups excluding carboxylic acids is 1. The number of nitrogens with zero attached hydrogens (tertiary/aromatic N) is 4. The number of anilines is 4. The number of carbonyl (C=O) groups is 1. The van der Waals surface area contributed by atoms with Crippen LogP contribution >= 0.6 is 0 Å². The summed E-state index contributed by atoms with van der Waals surface area (Å²) in [6, 6.07) is 19.5. The van der Waals surface area contributed by atoms with Crippen molar-refractivity contribution >= 4 is 28.8 Å². The number of nitrogens with one attached hydrogen (secondary N) is 1. The van der Waals surface area contributed by atoms with Crippen LogP contribution in [0.4, 0.5) is 22.9 Å². The van der Waals surface area contributed by atoms with Crippen molar-refractivity contribution in [2.75, 3.05) is 35.3 Å². The van der Waals surface area contributed by atoms with Crippen molar-refractivity contribution in [1.29, 1.82) is 0 Å². The lowest BCUT2D eigenvalue weighted by Crippen LogP contribution is -2.29. The third-order valence-electron chi connectivity index (χ3n) is 5.20. The highest BCUT2D eigenvalue weighted by Crippen LogP contribution is 2.23. The molecule has 6 nitrogen and oxygen atoms in total. The Kier molecular flexibility index (Phi) is 5.70. The van der Waals surface area contributed by atoms with E-state index >= 15 is 0 Å². The molecule has 0 spiro atoms. The molecular weight excluding hydrogens is 362 g/mol. The summed E-state index contributed by atoms with van der Waals surface area (Å²) in [5.41, 5.74) is 3.34. The summed E-state index contributed by atoms with van der Waals surface area (Å²) in [5, 5.41) is 3.27. The van der Waals surface area contributed by atoms with E-state index < -0.39 is 0 Å². The quantitative estimate of drug-likeness (QED) is 0.699. The third-order valence-corrected chi connectivity index (χ3v) is 5.20. The molecule has 1 fully saturated rings. The molecule has 0 atom stereocenters. The summed E-state index contributed by atoms with van der Waals surface area (Å²) >= 11 is 0. The molecule has 1 aliphatic rings. The molecule has 0 saturated carbocycles. The fourth-order valence-corrected chi connectivity index (χ4v) is 3.54. The van der Waals surface area contributed by atoms with Crippen LogP contribution in [-0.4, -0.2) is 36.0 Å². The summed E-state index contributed by atoms with van der Waals surface area (Å²) in [5.74, 6) is 0.414. The minimum atomic E-state index is -0.179. The molecule has 6 heteroatoms. The fourth-order valence-electron chi connectivity index (χ4n) is 3.54. The number of piperidine rings is 1. The molecule has 0 radical (unpaired) electrons. The Morgan fingerprint density at radius 3 is 2.41 bits per heavy atom. The number of aromatic nitrogens is 2. The van der Waals surface area contributed by atoms with Gasteiger partial charge in [0.05, 0.1) is 0 Å². The molecule has 1 N–H and O–H groups in total. The number of para-hydroxylation sites is 1. The van der Waals surface area contributed by atoms with Gasteiger partial charge in [0.1, 0.15) is 17.8 Å². The van der Waals surface area contributed by atoms with Gasteiger partial charge in [0, 0.05) is 43.3 Å². The van der Waals surface area contributed by atoms with Gasteiger partial charge in [-0.15, -0.1) is 0 Å². The van der Waals surface area contributed by atoms with Crippen molar-refractivity contribution in [1.82, 2.24) is 9.97 Å². The second-order valence-electron chi connectivity index (χ2n) is 7.21. The van der Waals surface area contributed by atoms with Gasteiger partial charge >= 0.3 is 0 Å². The van der Waals surface area contributed by atoms with Gasteiger partial charge in [-0.1, -0.05) is 18.2 Å². The molecule has 2 heterocycles. The van der Waals surface area contributed by atoms with Crippen LogP contribution in [0.25, 0.3) is 0 Å². The second-order valence-corrected chi connectivity index (χ2v) is 7.21. The second kappa shape index (κ2) is 8.73. The fraction of sp³-hybridized carbons (Fsp3) is 0.261. The molecule has 1 amide bonds. The molecule has 3 aromatic rings. The maximum atomic E-state index is 12.8. The summed E-state index contributed by atoms with van der Waals surface area (Å²) in [4.78, 5) is 25.2. The van der Waals surface area contributed by atoms with E-state index in [9.17, 15) is 4.79 Å². The molecule has 4 rings (SSSR count). The molecule has 0 bridgehead atoms. The van der Waals surface area contributed by atoms with Gasteiger partial charge in [-0.3, -0.25) is 4.79 Å². The average molecular weight is 387 g/mol. The largest absolute Gasteiger partial charge is 0.372 e. The van der Waals surface area contributed by atoms with Crippen LogP contribution in [0.2, 0.25) is 0 Å². The summed E-state index contributed by atoms with van der Waals surface area (Å²) in [6.07, 6.45) is 5.26. The van der Waals surface area contributed by atoms with Crippen molar-refractivity contribution < 1.29 is 4.79 Å². The molecule has 29 heavy (non-hydrogen) atoms. The first-order valence-electron chi connectivity index (χ1n) is 9.98. The molecule has 148 valence electrons. The molecule has 1 aliphatic heterocycles. The van der Waals surface area contributed by atoms with Crippen LogP contribution < -0.4 is 15.1 Å². The molecular formula is C23H25N5O. The lowest BCUT2D eigenvalue weighted by molar-refractivity contribution is 0.0988. The van der Waals surface area contributed by atoms with Gasteiger partial charge < -0.3 is 15.1 Å². The van der Waals surface area contributed by atoms with Gasteiger partial charge in [0.15, 0.2) is 0 Å². The number of benzene rings is 2. The molecule has 1 aromatic heterocycles. The number of amides is 1. The predicted octanol–water partition coefficient (Wildman–Crippen LogP) is 4.49. The van der Waals surface area contributed by atoms with Crippen molar-refractivity contribution in [2.24, 2.45) is 0 Å². The maximum absolute atomic E-state index is 12.8. The highest BCUT2D eigenvalue weighted by atomic mass is 16.2. The SMILES string of the molecule is CN(C(=O)c1cc(Nc2ccc(N3CCCCC3)cc2)ncn1)c1ccccc1. The van der Waals surface area contributed by atoms with Gasteiger partial charge in [0.25, 0.3) is 5.91 Å². The van der Waals surface area contributed by atoms with E-state index in [0.29, 0.717) is 11.5 Å². The Hall–Kier alpha value is -3.41. The molecule has 2 aromatic carbocycles. The highest BCUT2D eigenvalue weighted by molar-refractivity contribution is 6.04. The van der Waals surface area contributed by atoms with Gasteiger partial charge in [0.2, 0.25) is 0 Å². The Morgan fingerprint density at radius 2 is 1.69 bits per heavy atom. The van der Waals surface area contributed by atoms with Crippen LogP contribution in [-0.2, 0) is 0 Å². The van der Waals surface area contributed by atoms with Crippen LogP contribution in [0.3, 0.4) is 0 Å². The first-order chi connectivity index (χ1) is 14.2. The minimum Gasteiger partial charge on any atom is -0.372 e. The van der Waals surface area contributed by atoms with Gasteiger partial charge in [-0.25, -0.2) is 9.97 Å². The Labute approximate surface area is 171 Å². The van der Waals surface area contributed by atoms with E-state index in [1.54, 1.807) is 18.0 Å². The molecule has 1 saturated heterocycles. The van der Waals surface area contributed by atoms with E-state index in [1.165, 1.54) is 31.3 Å². The monoisotopic (exact) mass is 387 g/mol. The number of hydrogen-bond acceptors (Lipinski definition) is 5. The predicted molar refractivity (Wildman–Crippen MR) is 117 cm³/mol. The summed E-state index contributed by atoms with van der Waals surface area (Å²) in [7, 11) is 1.74. The van der Waals surface area contributed by atoms with E-state index in [-0.39, 0.29) is 5.91 Å². The van der Waals surface area contributed by atoms with Crippen LogP contribution in [0.1, 0.15) is 29.8 Å². The highest BCUT2D eigenvalue weighted by Gasteiger charge is 2.16.